The van der Waals surface area contributed by atoms with Gasteiger partial charge in [0.15, 0.2) is 0 Å². The van der Waals surface area contributed by atoms with Gasteiger partial charge in [0.1, 0.15) is 0 Å². The molecule has 0 amide bonds. The first-order valence-electron chi connectivity index (χ1n) is 5.32. The van der Waals surface area contributed by atoms with Gasteiger partial charge in [-0.05, 0) is 39.7 Å². The molecule has 2 heteroatoms. The Labute approximate surface area is 81.8 Å². The maximum atomic E-state index is 5.70. The smallest absolute Gasteiger partial charge is 0.0165 e. The fraction of sp³-hybridized carbons (Fsp3) is 0.818. The van der Waals surface area contributed by atoms with Gasteiger partial charge in [0.25, 0.3) is 0 Å². The highest BCUT2D eigenvalue weighted by Crippen LogP contribution is 2.10. The molecule has 0 aromatic rings. The summed E-state index contributed by atoms with van der Waals surface area (Å²) in [6.45, 7) is 7.90. The Morgan fingerprint density at radius 2 is 2.38 bits per heavy atom. The third kappa shape index (κ3) is 4.44. The number of nitrogens with zero attached hydrogens (tertiary/aromatic N) is 1. The lowest BCUT2D eigenvalue weighted by Crippen LogP contribution is -2.30. The zero-order valence-electron chi connectivity index (χ0n) is 8.92. The van der Waals surface area contributed by atoms with Crippen molar-refractivity contribution in [2.75, 3.05) is 19.6 Å². The lowest BCUT2D eigenvalue weighted by molar-refractivity contribution is 0.285. The summed E-state index contributed by atoms with van der Waals surface area (Å²) in [6.07, 6.45) is 5.98. The molecule has 0 fully saturated rings. The van der Waals surface area contributed by atoms with Gasteiger partial charge in [-0.2, -0.15) is 0 Å². The van der Waals surface area contributed by atoms with Crippen LogP contribution in [0.1, 0.15) is 33.1 Å². The van der Waals surface area contributed by atoms with Crippen LogP contribution in [0.3, 0.4) is 0 Å². The molecular weight excluding hydrogens is 160 g/mol. The van der Waals surface area contributed by atoms with E-state index in [0.717, 1.165) is 13.0 Å². The molecule has 0 aromatic carbocycles. The van der Waals surface area contributed by atoms with Crippen LogP contribution >= 0.6 is 0 Å². The molecule has 2 nitrogen and oxygen atoms in total. The van der Waals surface area contributed by atoms with E-state index < -0.39 is 0 Å². The van der Waals surface area contributed by atoms with Crippen molar-refractivity contribution < 1.29 is 0 Å². The highest BCUT2D eigenvalue weighted by Gasteiger charge is 2.08. The van der Waals surface area contributed by atoms with Crippen molar-refractivity contribution in [3.63, 3.8) is 0 Å². The van der Waals surface area contributed by atoms with Gasteiger partial charge in [-0.1, -0.05) is 11.6 Å². The van der Waals surface area contributed by atoms with Gasteiger partial charge in [-0.15, -0.1) is 0 Å². The third-order valence-corrected chi connectivity index (χ3v) is 2.65. The Morgan fingerprint density at radius 1 is 1.62 bits per heavy atom. The fourth-order valence-corrected chi connectivity index (χ4v) is 1.65. The zero-order chi connectivity index (χ0) is 9.68. The molecule has 1 aliphatic rings. The monoisotopic (exact) mass is 182 g/mol. The van der Waals surface area contributed by atoms with Crippen LogP contribution in [0, 0.1) is 0 Å². The van der Waals surface area contributed by atoms with Crippen molar-refractivity contribution in [2.45, 2.75) is 39.2 Å². The van der Waals surface area contributed by atoms with E-state index in [1.165, 1.54) is 25.9 Å². The number of nitrogens with two attached hydrogens (primary N) is 1. The predicted octanol–water partition coefficient (Wildman–Crippen LogP) is 1.77. The molecule has 0 saturated carbocycles. The highest BCUT2D eigenvalue weighted by atomic mass is 15.1. The van der Waals surface area contributed by atoms with Crippen molar-refractivity contribution in [3.05, 3.63) is 11.6 Å². The summed E-state index contributed by atoms with van der Waals surface area (Å²) in [5.41, 5.74) is 7.24. The van der Waals surface area contributed by atoms with Gasteiger partial charge in [-0.3, -0.25) is 4.90 Å². The Bertz CT molecular complexity index is 173. The molecule has 0 bridgehead atoms. The second-order valence-corrected chi connectivity index (χ2v) is 4.22. The SMILES string of the molecule is CC1=CCN(CCCC(C)N)CC1. The molecule has 1 unspecified atom stereocenters. The lowest BCUT2D eigenvalue weighted by atomic mass is 10.1. The average Bonchev–Trinajstić information content (AvgIpc) is 2.08. The maximum absolute atomic E-state index is 5.70. The third-order valence-electron chi connectivity index (χ3n) is 2.65. The molecule has 0 spiro atoms. The molecule has 0 aliphatic carbocycles. The average molecular weight is 182 g/mol. The second kappa shape index (κ2) is 5.40. The first-order valence-corrected chi connectivity index (χ1v) is 5.32. The molecule has 2 N–H and O–H groups in total. The van der Waals surface area contributed by atoms with Gasteiger partial charge in [0.05, 0.1) is 0 Å². The number of hydrogen-bond acceptors (Lipinski definition) is 2. The zero-order valence-corrected chi connectivity index (χ0v) is 8.92. The topological polar surface area (TPSA) is 29.3 Å². The summed E-state index contributed by atoms with van der Waals surface area (Å²) in [4.78, 5) is 2.51. The van der Waals surface area contributed by atoms with E-state index in [2.05, 4.69) is 24.8 Å². The van der Waals surface area contributed by atoms with Crippen LogP contribution in [0.25, 0.3) is 0 Å². The van der Waals surface area contributed by atoms with E-state index in [0.29, 0.717) is 6.04 Å². The Morgan fingerprint density at radius 3 is 2.92 bits per heavy atom. The van der Waals surface area contributed by atoms with E-state index >= 15 is 0 Å². The van der Waals surface area contributed by atoms with Crippen molar-refractivity contribution in [3.8, 4) is 0 Å². The van der Waals surface area contributed by atoms with Crippen molar-refractivity contribution in [2.24, 2.45) is 5.73 Å². The van der Waals surface area contributed by atoms with E-state index in [-0.39, 0.29) is 0 Å². The molecule has 13 heavy (non-hydrogen) atoms. The normalized spacial score (nSPS) is 21.3. The predicted molar refractivity (Wildman–Crippen MR) is 57.7 cm³/mol. The fourth-order valence-electron chi connectivity index (χ4n) is 1.65. The van der Waals surface area contributed by atoms with E-state index in [1.54, 1.807) is 5.57 Å². The first kappa shape index (κ1) is 10.7. The molecular formula is C11H22N2. The van der Waals surface area contributed by atoms with Crippen LogP contribution in [0.4, 0.5) is 0 Å². The van der Waals surface area contributed by atoms with Gasteiger partial charge in [0.2, 0.25) is 0 Å². The van der Waals surface area contributed by atoms with E-state index in [4.69, 9.17) is 5.73 Å². The molecule has 1 rings (SSSR count). The molecule has 0 radical (unpaired) electrons. The number of rotatable bonds is 4. The van der Waals surface area contributed by atoms with Gasteiger partial charge >= 0.3 is 0 Å². The minimum atomic E-state index is 0.363. The van der Waals surface area contributed by atoms with Crippen LogP contribution < -0.4 is 5.73 Å². The maximum Gasteiger partial charge on any atom is 0.0165 e. The Kier molecular flexibility index (Phi) is 4.46. The Balaban J connectivity index is 2.10. The summed E-state index contributed by atoms with van der Waals surface area (Å²) < 4.78 is 0. The van der Waals surface area contributed by atoms with Gasteiger partial charge in [0, 0.05) is 19.1 Å². The largest absolute Gasteiger partial charge is 0.328 e. The van der Waals surface area contributed by atoms with Crippen molar-refractivity contribution in [1.82, 2.24) is 4.90 Å². The quantitative estimate of drug-likeness (QED) is 0.671. The molecule has 1 atom stereocenters. The van der Waals surface area contributed by atoms with Crippen LogP contribution in [-0.2, 0) is 0 Å². The summed E-state index contributed by atoms with van der Waals surface area (Å²) in [5.74, 6) is 0. The molecule has 1 aliphatic heterocycles. The van der Waals surface area contributed by atoms with Gasteiger partial charge in [-0.25, -0.2) is 0 Å². The van der Waals surface area contributed by atoms with Gasteiger partial charge < -0.3 is 5.73 Å². The lowest BCUT2D eigenvalue weighted by Gasteiger charge is -2.25. The minimum absolute atomic E-state index is 0.363. The molecule has 0 saturated heterocycles. The second-order valence-electron chi connectivity index (χ2n) is 4.22. The summed E-state index contributed by atoms with van der Waals surface area (Å²) in [5, 5.41) is 0. The van der Waals surface area contributed by atoms with Crippen LogP contribution in [0.2, 0.25) is 0 Å². The van der Waals surface area contributed by atoms with E-state index in [1.807, 2.05) is 0 Å². The number of hydrogen-bond donors (Lipinski definition) is 1. The highest BCUT2D eigenvalue weighted by molar-refractivity contribution is 5.03. The first-order chi connectivity index (χ1) is 6.18. The Hall–Kier alpha value is -0.340. The molecule has 76 valence electrons. The molecule has 0 aromatic heterocycles. The van der Waals surface area contributed by atoms with E-state index in [9.17, 15) is 0 Å². The van der Waals surface area contributed by atoms with Crippen molar-refractivity contribution >= 4 is 0 Å². The van der Waals surface area contributed by atoms with Crippen LogP contribution in [0.15, 0.2) is 11.6 Å². The van der Waals surface area contributed by atoms with Crippen LogP contribution in [0.5, 0.6) is 0 Å². The van der Waals surface area contributed by atoms with Crippen molar-refractivity contribution in [1.29, 1.82) is 0 Å². The standard InChI is InChI=1S/C11H22N2/c1-10-5-8-13(9-6-10)7-3-4-11(2)12/h5,11H,3-4,6-9,12H2,1-2H3. The minimum Gasteiger partial charge on any atom is -0.328 e. The van der Waals surface area contributed by atoms with Crippen LogP contribution in [-0.4, -0.2) is 30.6 Å². The molecule has 1 heterocycles. The summed E-state index contributed by atoms with van der Waals surface area (Å²) >= 11 is 0. The summed E-state index contributed by atoms with van der Waals surface area (Å²) in [7, 11) is 0. The summed E-state index contributed by atoms with van der Waals surface area (Å²) in [6, 6.07) is 0.363.